The molecule has 0 saturated heterocycles. The van der Waals surface area contributed by atoms with Gasteiger partial charge in [0.25, 0.3) is 0 Å². The third-order valence-electron chi connectivity index (χ3n) is 3.64. The molecular formula is C20H20N2O6. The largest absolute Gasteiger partial charge is 0.487 e. The molecule has 1 amide bonds. The lowest BCUT2D eigenvalue weighted by atomic mass is 10.1. The van der Waals surface area contributed by atoms with Gasteiger partial charge in [0.15, 0.2) is 5.75 Å². The van der Waals surface area contributed by atoms with E-state index in [0.717, 1.165) is 6.42 Å². The van der Waals surface area contributed by atoms with Crippen molar-refractivity contribution in [2.24, 2.45) is 0 Å². The van der Waals surface area contributed by atoms with Gasteiger partial charge in [0.1, 0.15) is 0 Å². The second kappa shape index (κ2) is 9.86. The van der Waals surface area contributed by atoms with E-state index in [1.807, 2.05) is 6.92 Å². The van der Waals surface area contributed by atoms with E-state index in [9.17, 15) is 19.7 Å². The van der Waals surface area contributed by atoms with E-state index in [-0.39, 0.29) is 11.4 Å². The third kappa shape index (κ3) is 5.66. The molecule has 0 aliphatic rings. The zero-order valence-electron chi connectivity index (χ0n) is 15.5. The molecule has 146 valence electrons. The zero-order valence-corrected chi connectivity index (χ0v) is 15.5. The first kappa shape index (κ1) is 20.6. The van der Waals surface area contributed by atoms with Crippen LogP contribution in [0.25, 0.3) is 6.08 Å². The van der Waals surface area contributed by atoms with Crippen molar-refractivity contribution >= 4 is 29.3 Å². The van der Waals surface area contributed by atoms with Crippen LogP contribution >= 0.6 is 0 Å². The van der Waals surface area contributed by atoms with Crippen molar-refractivity contribution in [3.05, 3.63) is 69.8 Å². The lowest BCUT2D eigenvalue weighted by Crippen LogP contribution is -2.08. The van der Waals surface area contributed by atoms with Gasteiger partial charge in [-0.15, -0.1) is 0 Å². The average molecular weight is 384 g/mol. The summed E-state index contributed by atoms with van der Waals surface area (Å²) in [6.07, 6.45) is 3.47. The fraction of sp³-hybridized carbons (Fsp3) is 0.200. The summed E-state index contributed by atoms with van der Waals surface area (Å²) in [7, 11) is 1.29. The molecule has 8 heteroatoms. The predicted octanol–water partition coefficient (Wildman–Crippen LogP) is 3.82. The standard InChI is InChI=1S/C20H20N2O6/c1-3-12-28-18-10-4-14(13-17(18)22(25)26)5-11-19(23)21-16-8-6-15(7-9-16)20(24)27-2/h4-11,13H,3,12H2,1-2H3,(H,21,23)/b11-5+. The van der Waals surface area contributed by atoms with Crippen LogP contribution in [0.2, 0.25) is 0 Å². The number of anilines is 1. The second-order valence-corrected chi connectivity index (χ2v) is 5.72. The van der Waals surface area contributed by atoms with Crippen LogP contribution in [0.4, 0.5) is 11.4 Å². The fourth-order valence-electron chi connectivity index (χ4n) is 2.28. The summed E-state index contributed by atoms with van der Waals surface area (Å²) >= 11 is 0. The summed E-state index contributed by atoms with van der Waals surface area (Å²) in [5, 5.41) is 13.8. The van der Waals surface area contributed by atoms with Gasteiger partial charge in [-0.05, 0) is 48.4 Å². The molecule has 0 unspecified atom stereocenters. The van der Waals surface area contributed by atoms with Crippen molar-refractivity contribution < 1.29 is 24.0 Å². The maximum absolute atomic E-state index is 12.0. The highest BCUT2D eigenvalue weighted by molar-refractivity contribution is 6.02. The molecule has 0 radical (unpaired) electrons. The molecule has 2 aromatic rings. The van der Waals surface area contributed by atoms with Crippen LogP contribution in [0.5, 0.6) is 5.75 Å². The molecule has 2 aromatic carbocycles. The Morgan fingerprint density at radius 1 is 1.18 bits per heavy atom. The Morgan fingerprint density at radius 3 is 2.50 bits per heavy atom. The maximum Gasteiger partial charge on any atom is 0.337 e. The van der Waals surface area contributed by atoms with Gasteiger partial charge in [0, 0.05) is 17.8 Å². The van der Waals surface area contributed by atoms with Gasteiger partial charge in [0.2, 0.25) is 5.91 Å². The van der Waals surface area contributed by atoms with E-state index in [2.05, 4.69) is 10.1 Å². The van der Waals surface area contributed by atoms with Crippen LogP contribution in [0.15, 0.2) is 48.5 Å². The van der Waals surface area contributed by atoms with Crippen molar-refractivity contribution in [1.29, 1.82) is 0 Å². The van der Waals surface area contributed by atoms with E-state index in [1.165, 1.54) is 43.5 Å². The van der Waals surface area contributed by atoms with Crippen LogP contribution in [0.1, 0.15) is 29.3 Å². The number of nitrogens with zero attached hydrogens (tertiary/aromatic N) is 1. The quantitative estimate of drug-likeness (QED) is 0.321. The molecule has 1 N–H and O–H groups in total. The summed E-state index contributed by atoms with van der Waals surface area (Å²) in [4.78, 5) is 34.1. The minimum atomic E-state index is -0.523. The minimum Gasteiger partial charge on any atom is -0.487 e. The van der Waals surface area contributed by atoms with E-state index < -0.39 is 16.8 Å². The molecular weight excluding hydrogens is 364 g/mol. The molecule has 0 aromatic heterocycles. The van der Waals surface area contributed by atoms with Gasteiger partial charge in [-0.2, -0.15) is 0 Å². The number of esters is 1. The molecule has 28 heavy (non-hydrogen) atoms. The van der Waals surface area contributed by atoms with Crippen molar-refractivity contribution in [2.75, 3.05) is 19.0 Å². The van der Waals surface area contributed by atoms with Crippen LogP contribution < -0.4 is 10.1 Å². The highest BCUT2D eigenvalue weighted by Gasteiger charge is 2.15. The summed E-state index contributed by atoms with van der Waals surface area (Å²) in [5.41, 5.74) is 1.20. The smallest absolute Gasteiger partial charge is 0.337 e. The van der Waals surface area contributed by atoms with Crippen LogP contribution in [0.3, 0.4) is 0 Å². The number of nitro groups is 1. The Hall–Kier alpha value is -3.68. The monoisotopic (exact) mass is 384 g/mol. The highest BCUT2D eigenvalue weighted by atomic mass is 16.6. The second-order valence-electron chi connectivity index (χ2n) is 5.72. The summed E-state index contributed by atoms with van der Waals surface area (Å²) in [5.74, 6) is -0.690. The molecule has 0 spiro atoms. The molecule has 0 aliphatic carbocycles. The van der Waals surface area contributed by atoms with Crippen molar-refractivity contribution in [1.82, 2.24) is 0 Å². The fourth-order valence-corrected chi connectivity index (χ4v) is 2.28. The first-order valence-electron chi connectivity index (χ1n) is 8.53. The average Bonchev–Trinajstić information content (AvgIpc) is 2.70. The maximum atomic E-state index is 12.0. The number of benzene rings is 2. The van der Waals surface area contributed by atoms with Gasteiger partial charge in [0.05, 0.1) is 24.2 Å². The zero-order chi connectivity index (χ0) is 20.5. The SMILES string of the molecule is CCCOc1ccc(/C=C/C(=O)Nc2ccc(C(=O)OC)cc2)cc1[N+](=O)[O-]. The van der Waals surface area contributed by atoms with Gasteiger partial charge < -0.3 is 14.8 Å². The molecule has 0 saturated carbocycles. The van der Waals surface area contributed by atoms with E-state index in [1.54, 1.807) is 18.2 Å². The molecule has 8 nitrogen and oxygen atoms in total. The van der Waals surface area contributed by atoms with Crippen molar-refractivity contribution in [2.45, 2.75) is 13.3 Å². The van der Waals surface area contributed by atoms with Crippen molar-refractivity contribution in [3.8, 4) is 5.75 Å². The molecule has 0 atom stereocenters. The van der Waals surface area contributed by atoms with Crippen LogP contribution in [-0.2, 0) is 9.53 Å². The number of hydrogen-bond acceptors (Lipinski definition) is 6. The molecule has 0 heterocycles. The number of nitrogens with one attached hydrogen (secondary N) is 1. The predicted molar refractivity (Wildman–Crippen MR) is 104 cm³/mol. The molecule has 2 rings (SSSR count). The van der Waals surface area contributed by atoms with E-state index in [4.69, 9.17) is 4.74 Å². The van der Waals surface area contributed by atoms with Gasteiger partial charge in [-0.25, -0.2) is 4.79 Å². The highest BCUT2D eigenvalue weighted by Crippen LogP contribution is 2.28. The van der Waals surface area contributed by atoms with Crippen LogP contribution in [0, 0.1) is 10.1 Å². The number of carbonyl (C=O) groups excluding carboxylic acids is 2. The number of rotatable bonds is 8. The van der Waals surface area contributed by atoms with Crippen LogP contribution in [-0.4, -0.2) is 30.5 Å². The number of nitro benzene ring substituents is 1. The Labute approximate surface area is 161 Å². The lowest BCUT2D eigenvalue weighted by Gasteiger charge is -2.06. The molecule has 0 bridgehead atoms. The number of ether oxygens (including phenoxy) is 2. The Bertz CT molecular complexity index is 890. The first-order valence-corrected chi connectivity index (χ1v) is 8.53. The van der Waals surface area contributed by atoms with Gasteiger partial charge in [-0.1, -0.05) is 13.0 Å². The van der Waals surface area contributed by atoms with E-state index >= 15 is 0 Å². The number of amides is 1. The van der Waals surface area contributed by atoms with E-state index in [0.29, 0.717) is 23.4 Å². The lowest BCUT2D eigenvalue weighted by molar-refractivity contribution is -0.385. The van der Waals surface area contributed by atoms with Gasteiger partial charge in [-0.3, -0.25) is 14.9 Å². The number of hydrogen-bond donors (Lipinski definition) is 1. The summed E-state index contributed by atoms with van der Waals surface area (Å²) < 4.78 is 9.97. The molecule has 0 fully saturated rings. The third-order valence-corrected chi connectivity index (χ3v) is 3.64. The van der Waals surface area contributed by atoms with Crippen molar-refractivity contribution in [3.63, 3.8) is 0 Å². The Balaban J connectivity index is 2.06. The summed E-state index contributed by atoms with van der Waals surface area (Å²) in [6, 6.07) is 10.7. The Kier molecular flexibility index (Phi) is 7.27. The normalized spacial score (nSPS) is 10.5. The Morgan fingerprint density at radius 2 is 1.89 bits per heavy atom. The summed E-state index contributed by atoms with van der Waals surface area (Å²) in [6.45, 7) is 2.29. The van der Waals surface area contributed by atoms with Gasteiger partial charge >= 0.3 is 11.7 Å². The number of carbonyl (C=O) groups is 2. The minimum absolute atomic E-state index is 0.158. The topological polar surface area (TPSA) is 108 Å². The molecule has 0 aliphatic heterocycles. The first-order chi connectivity index (χ1) is 13.4. The number of methoxy groups -OCH3 is 1.